The van der Waals surface area contributed by atoms with Crippen LogP contribution in [0.25, 0.3) is 20.8 Å². The molecule has 0 aliphatic rings. The molecule has 0 radical (unpaired) electrons. The standard InChI is InChI=1S/C20H17N3O2S2/c1-13-12-26-20(25)23(13)11-10-18(24)21-15-8-6-14(7-9-15)19-22-16-4-2-3-5-17(16)27-19/h2-9,12H,10-11H2,1H3,(H,21,24). The number of carbonyl (C=O) groups excluding carboxylic acids is 1. The van der Waals surface area contributed by atoms with E-state index in [-0.39, 0.29) is 17.2 Å². The predicted molar refractivity (Wildman–Crippen MR) is 112 cm³/mol. The zero-order valence-electron chi connectivity index (χ0n) is 14.6. The first-order chi connectivity index (χ1) is 13.1. The van der Waals surface area contributed by atoms with Crippen molar-refractivity contribution in [1.29, 1.82) is 0 Å². The highest BCUT2D eigenvalue weighted by Crippen LogP contribution is 2.30. The Hall–Kier alpha value is -2.77. The number of benzene rings is 2. The van der Waals surface area contributed by atoms with Crippen LogP contribution in [0, 0.1) is 6.92 Å². The van der Waals surface area contributed by atoms with Crippen molar-refractivity contribution in [3.63, 3.8) is 0 Å². The van der Waals surface area contributed by atoms with Crippen LogP contribution in [0.3, 0.4) is 0 Å². The van der Waals surface area contributed by atoms with Crippen LogP contribution < -0.4 is 10.2 Å². The Balaban J connectivity index is 1.41. The van der Waals surface area contributed by atoms with Crippen LogP contribution >= 0.6 is 22.7 Å². The molecule has 4 aromatic rings. The number of hydrogen-bond donors (Lipinski definition) is 1. The Labute approximate surface area is 163 Å². The minimum absolute atomic E-state index is 0.0273. The lowest BCUT2D eigenvalue weighted by atomic mass is 10.2. The summed E-state index contributed by atoms with van der Waals surface area (Å²) in [6.07, 6.45) is 0.261. The summed E-state index contributed by atoms with van der Waals surface area (Å²) < 4.78 is 2.78. The molecule has 0 saturated carbocycles. The van der Waals surface area contributed by atoms with Crippen LogP contribution in [0.4, 0.5) is 5.69 Å². The Bertz CT molecular complexity index is 1120. The van der Waals surface area contributed by atoms with Gasteiger partial charge in [-0.1, -0.05) is 23.5 Å². The summed E-state index contributed by atoms with van der Waals surface area (Å²) in [5.41, 5.74) is 3.64. The van der Waals surface area contributed by atoms with Gasteiger partial charge in [0.15, 0.2) is 0 Å². The highest BCUT2D eigenvalue weighted by Gasteiger charge is 2.09. The van der Waals surface area contributed by atoms with Gasteiger partial charge in [-0.25, -0.2) is 4.98 Å². The summed E-state index contributed by atoms with van der Waals surface area (Å²) in [5, 5.41) is 5.65. The van der Waals surface area contributed by atoms with Gasteiger partial charge in [0, 0.05) is 35.3 Å². The zero-order valence-corrected chi connectivity index (χ0v) is 16.3. The quantitative estimate of drug-likeness (QED) is 0.540. The topological polar surface area (TPSA) is 64.0 Å². The summed E-state index contributed by atoms with van der Waals surface area (Å²) in [7, 11) is 0. The first-order valence-electron chi connectivity index (χ1n) is 8.51. The van der Waals surface area contributed by atoms with Gasteiger partial charge in [0.05, 0.1) is 10.2 Å². The van der Waals surface area contributed by atoms with Gasteiger partial charge in [-0.05, 0) is 43.3 Å². The van der Waals surface area contributed by atoms with Gasteiger partial charge in [-0.15, -0.1) is 11.3 Å². The van der Waals surface area contributed by atoms with E-state index in [9.17, 15) is 9.59 Å². The van der Waals surface area contributed by atoms with Crippen molar-refractivity contribution in [2.75, 3.05) is 5.32 Å². The van der Waals surface area contributed by atoms with E-state index in [1.807, 2.05) is 49.4 Å². The molecule has 7 heteroatoms. The number of hydrogen-bond acceptors (Lipinski definition) is 5. The van der Waals surface area contributed by atoms with Crippen LogP contribution in [-0.4, -0.2) is 15.5 Å². The molecule has 1 N–H and O–H groups in total. The van der Waals surface area contributed by atoms with Crippen molar-refractivity contribution in [1.82, 2.24) is 9.55 Å². The lowest BCUT2D eigenvalue weighted by Crippen LogP contribution is -2.20. The van der Waals surface area contributed by atoms with Gasteiger partial charge in [0.1, 0.15) is 5.01 Å². The SMILES string of the molecule is Cc1csc(=O)n1CCC(=O)Nc1ccc(-c2nc3ccccc3s2)cc1. The third-order valence-electron chi connectivity index (χ3n) is 4.25. The van der Waals surface area contributed by atoms with Gasteiger partial charge in [-0.2, -0.15) is 0 Å². The van der Waals surface area contributed by atoms with E-state index in [1.54, 1.807) is 21.3 Å². The van der Waals surface area contributed by atoms with Gasteiger partial charge in [-0.3, -0.25) is 9.59 Å². The van der Waals surface area contributed by atoms with Gasteiger partial charge >= 0.3 is 4.87 Å². The molecule has 0 unspecified atom stereocenters. The van der Waals surface area contributed by atoms with E-state index in [1.165, 1.54) is 0 Å². The maximum atomic E-state index is 12.2. The lowest BCUT2D eigenvalue weighted by Gasteiger charge is -2.07. The van der Waals surface area contributed by atoms with E-state index >= 15 is 0 Å². The third-order valence-corrected chi connectivity index (χ3v) is 6.21. The summed E-state index contributed by atoms with van der Waals surface area (Å²) >= 11 is 2.81. The lowest BCUT2D eigenvalue weighted by molar-refractivity contribution is -0.116. The minimum Gasteiger partial charge on any atom is -0.326 e. The smallest absolute Gasteiger partial charge is 0.307 e. The van der Waals surface area contributed by atoms with E-state index in [4.69, 9.17) is 0 Å². The second-order valence-corrected chi connectivity index (χ2v) is 8.01. The molecule has 5 nitrogen and oxygen atoms in total. The van der Waals surface area contributed by atoms with Crippen molar-refractivity contribution in [3.05, 3.63) is 69.3 Å². The predicted octanol–water partition coefficient (Wildman–Crippen LogP) is 4.52. The zero-order chi connectivity index (χ0) is 18.8. The first kappa shape index (κ1) is 17.6. The number of aryl methyl sites for hydroxylation is 1. The van der Waals surface area contributed by atoms with Crippen LogP contribution in [0.1, 0.15) is 12.1 Å². The molecule has 4 rings (SSSR count). The molecule has 136 valence electrons. The number of fused-ring (bicyclic) bond motifs is 1. The van der Waals surface area contributed by atoms with Crippen molar-refractivity contribution in [2.45, 2.75) is 19.9 Å². The number of nitrogens with one attached hydrogen (secondary N) is 1. The van der Waals surface area contributed by atoms with E-state index in [0.717, 1.165) is 43.5 Å². The summed E-state index contributed by atoms with van der Waals surface area (Å²) in [5.74, 6) is -0.111. The van der Waals surface area contributed by atoms with E-state index in [2.05, 4.69) is 16.4 Å². The van der Waals surface area contributed by atoms with E-state index in [0.29, 0.717) is 6.54 Å². The molecule has 27 heavy (non-hydrogen) atoms. The number of nitrogens with zero attached hydrogens (tertiary/aromatic N) is 2. The molecule has 1 amide bonds. The number of anilines is 1. The first-order valence-corrected chi connectivity index (χ1v) is 10.2. The second kappa shape index (κ2) is 7.46. The van der Waals surface area contributed by atoms with Crippen LogP contribution in [0.5, 0.6) is 0 Å². The Morgan fingerprint density at radius 2 is 1.93 bits per heavy atom. The number of carbonyl (C=O) groups is 1. The monoisotopic (exact) mass is 395 g/mol. The Morgan fingerprint density at radius 3 is 2.63 bits per heavy atom. The van der Waals surface area contributed by atoms with Crippen molar-refractivity contribution >= 4 is 44.5 Å². The molecule has 0 fully saturated rings. The van der Waals surface area contributed by atoms with Crippen LogP contribution in [-0.2, 0) is 11.3 Å². The van der Waals surface area contributed by atoms with E-state index < -0.39 is 0 Å². The highest BCUT2D eigenvalue weighted by atomic mass is 32.1. The molecule has 0 aliphatic heterocycles. The van der Waals surface area contributed by atoms with Crippen molar-refractivity contribution < 1.29 is 4.79 Å². The molecule has 2 aromatic carbocycles. The van der Waals surface area contributed by atoms with Crippen LogP contribution in [0.2, 0.25) is 0 Å². The Morgan fingerprint density at radius 1 is 1.15 bits per heavy atom. The fourth-order valence-electron chi connectivity index (χ4n) is 2.80. The average molecular weight is 396 g/mol. The molecule has 2 heterocycles. The Kier molecular flexibility index (Phi) is 4.87. The second-order valence-electron chi connectivity index (χ2n) is 6.16. The average Bonchev–Trinajstić information content (AvgIpc) is 3.24. The van der Waals surface area contributed by atoms with Crippen LogP contribution in [0.15, 0.2) is 58.7 Å². The number of thiazole rings is 2. The molecule has 2 aromatic heterocycles. The number of amides is 1. The molecule has 0 aliphatic carbocycles. The van der Waals surface area contributed by atoms with Gasteiger partial charge < -0.3 is 9.88 Å². The fourth-order valence-corrected chi connectivity index (χ4v) is 4.54. The maximum Gasteiger partial charge on any atom is 0.307 e. The molecule has 0 spiro atoms. The maximum absolute atomic E-state index is 12.2. The number of rotatable bonds is 5. The molecule has 0 saturated heterocycles. The molecular weight excluding hydrogens is 378 g/mol. The number of aromatic nitrogens is 2. The summed E-state index contributed by atoms with van der Waals surface area (Å²) in [6, 6.07) is 15.7. The minimum atomic E-state index is -0.111. The molecule has 0 bridgehead atoms. The highest BCUT2D eigenvalue weighted by molar-refractivity contribution is 7.21. The third kappa shape index (κ3) is 3.84. The van der Waals surface area contributed by atoms with Gasteiger partial charge in [0.2, 0.25) is 5.91 Å². The number of para-hydroxylation sites is 1. The molecule has 0 atom stereocenters. The summed E-state index contributed by atoms with van der Waals surface area (Å²) in [4.78, 5) is 28.5. The largest absolute Gasteiger partial charge is 0.326 e. The fraction of sp³-hybridized carbons (Fsp3) is 0.150. The molecular formula is C20H17N3O2S2. The van der Waals surface area contributed by atoms with Gasteiger partial charge in [0.25, 0.3) is 0 Å². The normalized spacial score (nSPS) is 11.0. The van der Waals surface area contributed by atoms with Crippen molar-refractivity contribution in [3.8, 4) is 10.6 Å². The van der Waals surface area contributed by atoms with Crippen molar-refractivity contribution in [2.24, 2.45) is 0 Å². The summed E-state index contributed by atoms with van der Waals surface area (Å²) in [6.45, 7) is 2.26.